The first kappa shape index (κ1) is 18.9. The number of aromatic nitrogens is 1. The highest BCUT2D eigenvalue weighted by atomic mass is 32.2. The molecule has 1 aliphatic heterocycles. The predicted octanol–water partition coefficient (Wildman–Crippen LogP) is 1.89. The Kier molecular flexibility index (Phi) is 6.40. The molecular formula is C16H27N3O4S. The van der Waals surface area contributed by atoms with Crippen LogP contribution in [-0.4, -0.2) is 42.7 Å². The topological polar surface area (TPSA) is 92.5 Å². The summed E-state index contributed by atoms with van der Waals surface area (Å²) >= 11 is 0. The van der Waals surface area contributed by atoms with Crippen molar-refractivity contribution in [2.75, 3.05) is 12.3 Å². The van der Waals surface area contributed by atoms with E-state index < -0.39 is 10.0 Å². The van der Waals surface area contributed by atoms with Crippen molar-refractivity contribution in [3.8, 4) is 0 Å². The van der Waals surface area contributed by atoms with Gasteiger partial charge in [-0.05, 0) is 33.1 Å². The number of hydrogen-bond donors (Lipinski definition) is 1. The second kappa shape index (κ2) is 8.11. The van der Waals surface area contributed by atoms with E-state index in [0.717, 1.165) is 23.4 Å². The molecule has 1 amide bonds. The fourth-order valence-corrected chi connectivity index (χ4v) is 4.42. The Morgan fingerprint density at radius 1 is 1.33 bits per heavy atom. The van der Waals surface area contributed by atoms with Gasteiger partial charge in [0.25, 0.3) is 0 Å². The summed E-state index contributed by atoms with van der Waals surface area (Å²) in [5, 5.41) is 3.92. The minimum Gasteiger partial charge on any atom is -0.361 e. The van der Waals surface area contributed by atoms with Crippen LogP contribution in [0.2, 0.25) is 0 Å². The monoisotopic (exact) mass is 357 g/mol. The first-order chi connectivity index (χ1) is 11.3. The van der Waals surface area contributed by atoms with Gasteiger partial charge >= 0.3 is 0 Å². The Labute approximate surface area is 143 Å². The lowest BCUT2D eigenvalue weighted by atomic mass is 10.1. The Hall–Kier alpha value is -1.41. The second-order valence-corrected chi connectivity index (χ2v) is 8.31. The van der Waals surface area contributed by atoms with E-state index in [0.29, 0.717) is 38.8 Å². The van der Waals surface area contributed by atoms with Crippen LogP contribution in [0, 0.1) is 13.8 Å². The maximum Gasteiger partial charge on any atom is 0.222 e. The summed E-state index contributed by atoms with van der Waals surface area (Å²) in [6.45, 7) is 6.66. The van der Waals surface area contributed by atoms with E-state index in [9.17, 15) is 13.2 Å². The number of sulfonamides is 1. The zero-order chi connectivity index (χ0) is 17.7. The van der Waals surface area contributed by atoms with Crippen LogP contribution in [0.5, 0.6) is 0 Å². The lowest BCUT2D eigenvalue weighted by molar-refractivity contribution is -0.131. The first-order valence-electron chi connectivity index (χ1n) is 8.52. The molecule has 1 aliphatic rings. The summed E-state index contributed by atoms with van der Waals surface area (Å²) in [7, 11) is -3.26. The van der Waals surface area contributed by atoms with E-state index in [2.05, 4.69) is 9.88 Å². The molecule has 1 aromatic rings. The second-order valence-electron chi connectivity index (χ2n) is 6.43. The lowest BCUT2D eigenvalue weighted by Crippen LogP contribution is -2.37. The standard InChI is InChI=1S/C16H27N3O4S/c1-4-5-10-24(21,22)18-14-6-7-16(20)19(9-8-14)11-15-12(2)17-23-13(15)3/h14,18H,4-11H2,1-3H3. The van der Waals surface area contributed by atoms with Crippen molar-refractivity contribution in [1.82, 2.24) is 14.8 Å². The SMILES string of the molecule is CCCCS(=O)(=O)NC1CCC(=O)N(Cc2c(C)noc2C)CC1. The molecule has 2 heterocycles. The number of unbranched alkanes of at least 4 members (excludes halogenated alkanes) is 1. The molecule has 136 valence electrons. The third kappa shape index (κ3) is 5.04. The maximum absolute atomic E-state index is 12.3. The Bertz CT molecular complexity index is 649. The quantitative estimate of drug-likeness (QED) is 0.804. The Balaban J connectivity index is 1.96. The Morgan fingerprint density at radius 3 is 2.71 bits per heavy atom. The van der Waals surface area contributed by atoms with Gasteiger partial charge in [-0.2, -0.15) is 0 Å². The fraction of sp³-hybridized carbons (Fsp3) is 0.750. The molecule has 0 saturated carbocycles. The summed E-state index contributed by atoms with van der Waals surface area (Å²) in [4.78, 5) is 14.1. The van der Waals surface area contributed by atoms with Crippen LogP contribution in [0.15, 0.2) is 4.52 Å². The summed E-state index contributed by atoms with van der Waals surface area (Å²) in [5.41, 5.74) is 1.73. The smallest absolute Gasteiger partial charge is 0.222 e. The van der Waals surface area contributed by atoms with Crippen LogP contribution >= 0.6 is 0 Å². The summed E-state index contributed by atoms with van der Waals surface area (Å²) in [5.74, 6) is 0.920. The van der Waals surface area contributed by atoms with E-state index in [4.69, 9.17) is 4.52 Å². The van der Waals surface area contributed by atoms with E-state index >= 15 is 0 Å². The molecule has 1 unspecified atom stereocenters. The molecule has 7 nitrogen and oxygen atoms in total. The summed E-state index contributed by atoms with van der Waals surface area (Å²) in [6, 6.07) is -0.175. The lowest BCUT2D eigenvalue weighted by Gasteiger charge is -2.21. The van der Waals surface area contributed by atoms with Crippen molar-refractivity contribution in [3.05, 3.63) is 17.0 Å². The van der Waals surface area contributed by atoms with Crippen molar-refractivity contribution < 1.29 is 17.7 Å². The molecule has 0 spiro atoms. The van der Waals surface area contributed by atoms with Crippen molar-refractivity contribution in [2.45, 2.75) is 65.5 Å². The van der Waals surface area contributed by atoms with Crippen LogP contribution in [-0.2, 0) is 21.4 Å². The maximum atomic E-state index is 12.3. The van der Waals surface area contributed by atoms with Gasteiger partial charge < -0.3 is 9.42 Å². The number of nitrogens with one attached hydrogen (secondary N) is 1. The molecule has 1 N–H and O–H groups in total. The van der Waals surface area contributed by atoms with Gasteiger partial charge in [-0.15, -0.1) is 0 Å². The van der Waals surface area contributed by atoms with Crippen molar-refractivity contribution >= 4 is 15.9 Å². The molecule has 0 aromatic carbocycles. The van der Waals surface area contributed by atoms with Gasteiger partial charge in [0.05, 0.1) is 18.0 Å². The van der Waals surface area contributed by atoms with E-state index in [1.165, 1.54) is 0 Å². The molecule has 1 saturated heterocycles. The van der Waals surface area contributed by atoms with Gasteiger partial charge in [0.1, 0.15) is 5.76 Å². The number of amides is 1. The molecule has 8 heteroatoms. The number of carbonyl (C=O) groups excluding carboxylic acids is 1. The minimum absolute atomic E-state index is 0.0465. The summed E-state index contributed by atoms with van der Waals surface area (Å²) < 4.78 is 32.0. The van der Waals surface area contributed by atoms with Crippen LogP contribution in [0.25, 0.3) is 0 Å². The molecule has 1 fully saturated rings. The van der Waals surface area contributed by atoms with Crippen molar-refractivity contribution in [2.24, 2.45) is 0 Å². The molecule has 2 rings (SSSR count). The highest BCUT2D eigenvalue weighted by Gasteiger charge is 2.26. The van der Waals surface area contributed by atoms with Crippen LogP contribution in [0.4, 0.5) is 0 Å². The van der Waals surface area contributed by atoms with Gasteiger partial charge in [0.15, 0.2) is 0 Å². The van der Waals surface area contributed by atoms with E-state index in [-0.39, 0.29) is 17.7 Å². The highest BCUT2D eigenvalue weighted by Crippen LogP contribution is 2.19. The summed E-state index contributed by atoms with van der Waals surface area (Å²) in [6.07, 6.45) is 3.02. The van der Waals surface area contributed by atoms with Gasteiger partial charge in [-0.25, -0.2) is 13.1 Å². The zero-order valence-corrected chi connectivity index (χ0v) is 15.5. The van der Waals surface area contributed by atoms with E-state index in [1.807, 2.05) is 20.8 Å². The fourth-order valence-electron chi connectivity index (χ4n) is 2.89. The van der Waals surface area contributed by atoms with Crippen LogP contribution < -0.4 is 4.72 Å². The third-order valence-corrected chi connectivity index (χ3v) is 5.97. The minimum atomic E-state index is -3.26. The van der Waals surface area contributed by atoms with Gasteiger partial charge in [-0.1, -0.05) is 18.5 Å². The zero-order valence-electron chi connectivity index (χ0n) is 14.7. The average molecular weight is 357 g/mol. The average Bonchev–Trinajstić information content (AvgIpc) is 2.74. The third-order valence-electron chi connectivity index (χ3n) is 4.45. The number of aryl methyl sites for hydroxylation is 2. The van der Waals surface area contributed by atoms with Crippen molar-refractivity contribution in [1.29, 1.82) is 0 Å². The largest absolute Gasteiger partial charge is 0.361 e. The van der Waals surface area contributed by atoms with Crippen LogP contribution in [0.1, 0.15) is 56.0 Å². The number of nitrogens with zero attached hydrogens (tertiary/aromatic N) is 2. The number of carbonyl (C=O) groups is 1. The van der Waals surface area contributed by atoms with E-state index in [1.54, 1.807) is 4.90 Å². The molecule has 24 heavy (non-hydrogen) atoms. The van der Waals surface area contributed by atoms with Crippen LogP contribution in [0.3, 0.4) is 0 Å². The Morgan fingerprint density at radius 2 is 2.08 bits per heavy atom. The molecule has 0 aliphatic carbocycles. The number of hydrogen-bond acceptors (Lipinski definition) is 5. The molecule has 0 radical (unpaired) electrons. The number of rotatable bonds is 7. The molecule has 1 aromatic heterocycles. The first-order valence-corrected chi connectivity index (χ1v) is 10.2. The van der Waals surface area contributed by atoms with Crippen molar-refractivity contribution in [3.63, 3.8) is 0 Å². The number of likely N-dealkylation sites (tertiary alicyclic amines) is 1. The molecular weight excluding hydrogens is 330 g/mol. The van der Waals surface area contributed by atoms with Gasteiger partial charge in [0, 0.05) is 24.6 Å². The predicted molar refractivity (Wildman–Crippen MR) is 90.9 cm³/mol. The normalized spacial score (nSPS) is 19.5. The van der Waals surface area contributed by atoms with Gasteiger partial charge in [-0.3, -0.25) is 4.79 Å². The molecule has 0 bridgehead atoms. The molecule has 1 atom stereocenters. The highest BCUT2D eigenvalue weighted by molar-refractivity contribution is 7.89. The van der Waals surface area contributed by atoms with Gasteiger partial charge in [0.2, 0.25) is 15.9 Å².